The molecule has 1 atom stereocenters. The van der Waals surface area contributed by atoms with Crippen molar-refractivity contribution in [2.75, 3.05) is 13.1 Å². The van der Waals surface area contributed by atoms with Crippen LogP contribution in [0.1, 0.15) is 38.3 Å². The molecule has 1 aliphatic heterocycles. The van der Waals surface area contributed by atoms with E-state index in [1.54, 1.807) is 18.2 Å². The molecule has 162 valence electrons. The molecule has 2 amide bonds. The SMILES string of the molecule is NC(=O)c1cc(-c2ccc(Cl)c(Cl)c2)cc2c1Cc1ccc(C(=O)N[C@@H]3CCNC3)cc1-2. The molecular weight excluding hydrogens is 445 g/mol. The number of hydrogen-bond donors (Lipinski definition) is 3. The Kier molecular flexibility index (Phi) is 5.41. The third kappa shape index (κ3) is 3.77. The van der Waals surface area contributed by atoms with E-state index < -0.39 is 5.91 Å². The number of amides is 2. The maximum atomic E-state index is 12.8. The van der Waals surface area contributed by atoms with E-state index in [1.807, 2.05) is 30.3 Å². The lowest BCUT2D eigenvalue weighted by Gasteiger charge is -2.13. The molecule has 3 aromatic carbocycles. The maximum Gasteiger partial charge on any atom is 0.251 e. The van der Waals surface area contributed by atoms with E-state index in [-0.39, 0.29) is 11.9 Å². The van der Waals surface area contributed by atoms with Gasteiger partial charge < -0.3 is 16.4 Å². The molecule has 0 unspecified atom stereocenters. The molecule has 0 saturated carbocycles. The largest absolute Gasteiger partial charge is 0.366 e. The number of nitrogens with one attached hydrogen (secondary N) is 2. The maximum absolute atomic E-state index is 12.8. The number of carbonyl (C=O) groups excluding carboxylic acids is 2. The molecule has 3 aromatic rings. The fraction of sp³-hybridized carbons (Fsp3) is 0.200. The molecule has 1 heterocycles. The van der Waals surface area contributed by atoms with Crippen LogP contribution in [0.25, 0.3) is 22.3 Å². The first-order valence-electron chi connectivity index (χ1n) is 10.5. The van der Waals surface area contributed by atoms with Gasteiger partial charge in [-0.25, -0.2) is 0 Å². The first kappa shape index (κ1) is 21.0. The topological polar surface area (TPSA) is 84.2 Å². The number of rotatable bonds is 4. The zero-order chi connectivity index (χ0) is 22.4. The Hall–Kier alpha value is -2.86. The van der Waals surface area contributed by atoms with Gasteiger partial charge in [-0.05, 0) is 89.2 Å². The summed E-state index contributed by atoms with van der Waals surface area (Å²) in [5.74, 6) is -0.576. The lowest BCUT2D eigenvalue weighted by atomic mass is 9.93. The smallest absolute Gasteiger partial charge is 0.251 e. The van der Waals surface area contributed by atoms with Gasteiger partial charge in [-0.2, -0.15) is 0 Å². The van der Waals surface area contributed by atoms with Crippen LogP contribution in [0, 0.1) is 0 Å². The van der Waals surface area contributed by atoms with Gasteiger partial charge in [0.1, 0.15) is 0 Å². The van der Waals surface area contributed by atoms with E-state index in [0.717, 1.165) is 52.9 Å². The number of fused-ring (bicyclic) bond motifs is 3. The van der Waals surface area contributed by atoms with E-state index in [4.69, 9.17) is 28.9 Å². The van der Waals surface area contributed by atoms with Crippen molar-refractivity contribution < 1.29 is 9.59 Å². The molecule has 32 heavy (non-hydrogen) atoms. The van der Waals surface area contributed by atoms with Crippen LogP contribution in [0.15, 0.2) is 48.5 Å². The molecule has 1 saturated heterocycles. The average Bonchev–Trinajstić information content (AvgIpc) is 3.41. The molecule has 5 rings (SSSR count). The van der Waals surface area contributed by atoms with Crippen molar-refractivity contribution in [1.29, 1.82) is 0 Å². The van der Waals surface area contributed by atoms with Crippen molar-refractivity contribution in [1.82, 2.24) is 10.6 Å². The van der Waals surface area contributed by atoms with Crippen molar-refractivity contribution in [3.05, 3.63) is 80.8 Å². The highest BCUT2D eigenvalue weighted by Gasteiger charge is 2.26. The van der Waals surface area contributed by atoms with E-state index in [1.165, 1.54) is 0 Å². The standard InChI is InChI=1S/C25H21Cl2N3O2/c26-22-4-3-13(11-23(22)27)16-9-19-18-8-15(25(32)30-17-5-6-29-12-17)2-1-14(18)7-20(19)21(10-16)24(28)31/h1-4,8-11,17,29H,5-7,12H2,(H2,28,31)(H,30,32)/t17-/m1/s1. The van der Waals surface area contributed by atoms with Gasteiger partial charge in [0.15, 0.2) is 0 Å². The van der Waals surface area contributed by atoms with Crippen molar-refractivity contribution in [2.24, 2.45) is 5.73 Å². The van der Waals surface area contributed by atoms with Crippen LogP contribution in [0.4, 0.5) is 0 Å². The fourth-order valence-corrected chi connectivity index (χ4v) is 4.82. The summed E-state index contributed by atoms with van der Waals surface area (Å²) in [6.07, 6.45) is 1.52. The number of halogens is 2. The van der Waals surface area contributed by atoms with E-state index in [9.17, 15) is 9.59 Å². The van der Waals surface area contributed by atoms with Crippen LogP contribution < -0.4 is 16.4 Å². The van der Waals surface area contributed by atoms with Crippen LogP contribution in [-0.2, 0) is 6.42 Å². The second-order valence-corrected chi connectivity index (χ2v) is 9.07. The summed E-state index contributed by atoms with van der Waals surface area (Å²) in [5, 5.41) is 7.24. The highest BCUT2D eigenvalue weighted by Crippen LogP contribution is 2.42. The first-order chi connectivity index (χ1) is 15.4. The quantitative estimate of drug-likeness (QED) is 0.416. The number of hydrogen-bond acceptors (Lipinski definition) is 3. The lowest BCUT2D eigenvalue weighted by molar-refractivity contribution is 0.0939. The zero-order valence-corrected chi connectivity index (χ0v) is 18.7. The lowest BCUT2D eigenvalue weighted by Crippen LogP contribution is -2.36. The molecule has 5 nitrogen and oxygen atoms in total. The third-order valence-corrected chi connectivity index (χ3v) is 6.93. The highest BCUT2D eigenvalue weighted by atomic mass is 35.5. The number of nitrogens with two attached hydrogens (primary N) is 1. The minimum Gasteiger partial charge on any atom is -0.366 e. The minimum atomic E-state index is -0.484. The summed E-state index contributed by atoms with van der Waals surface area (Å²) >= 11 is 12.3. The Labute approximate surface area is 195 Å². The van der Waals surface area contributed by atoms with Gasteiger partial charge in [0.2, 0.25) is 5.91 Å². The molecule has 0 radical (unpaired) electrons. The Morgan fingerprint density at radius 3 is 2.53 bits per heavy atom. The molecule has 0 bridgehead atoms. The molecule has 7 heteroatoms. The molecule has 0 spiro atoms. The van der Waals surface area contributed by atoms with Crippen molar-refractivity contribution >= 4 is 35.0 Å². The van der Waals surface area contributed by atoms with Gasteiger partial charge in [0, 0.05) is 23.7 Å². The second-order valence-electron chi connectivity index (χ2n) is 8.25. The molecule has 4 N–H and O–H groups in total. The normalized spacial score (nSPS) is 16.5. The zero-order valence-electron chi connectivity index (χ0n) is 17.2. The predicted octanol–water partition coefficient (Wildman–Crippen LogP) is 4.42. The summed E-state index contributed by atoms with van der Waals surface area (Å²) < 4.78 is 0. The van der Waals surface area contributed by atoms with E-state index in [0.29, 0.717) is 27.6 Å². The summed E-state index contributed by atoms with van der Waals surface area (Å²) in [6.45, 7) is 1.70. The van der Waals surface area contributed by atoms with Crippen LogP contribution in [0.3, 0.4) is 0 Å². The summed E-state index contributed by atoms with van der Waals surface area (Å²) in [7, 11) is 0. The molecule has 0 aromatic heterocycles. The predicted molar refractivity (Wildman–Crippen MR) is 127 cm³/mol. The number of benzene rings is 3. The third-order valence-electron chi connectivity index (χ3n) is 6.19. The summed E-state index contributed by atoms with van der Waals surface area (Å²) in [6, 6.07) is 15.0. The van der Waals surface area contributed by atoms with Crippen molar-refractivity contribution in [3.63, 3.8) is 0 Å². The summed E-state index contributed by atoms with van der Waals surface area (Å²) in [4.78, 5) is 25.1. The number of primary amides is 1. The Balaban J connectivity index is 1.58. The van der Waals surface area contributed by atoms with Gasteiger partial charge in [0.05, 0.1) is 10.0 Å². The van der Waals surface area contributed by atoms with Crippen LogP contribution >= 0.6 is 23.2 Å². The van der Waals surface area contributed by atoms with Gasteiger partial charge in [-0.3, -0.25) is 9.59 Å². The van der Waals surface area contributed by atoms with Gasteiger partial charge in [-0.15, -0.1) is 0 Å². The average molecular weight is 466 g/mol. The van der Waals surface area contributed by atoms with Crippen LogP contribution in [0.2, 0.25) is 10.0 Å². The van der Waals surface area contributed by atoms with Gasteiger partial charge >= 0.3 is 0 Å². The summed E-state index contributed by atoms with van der Waals surface area (Å²) in [5.41, 5.74) is 12.3. The van der Waals surface area contributed by atoms with Gasteiger partial charge in [-0.1, -0.05) is 35.3 Å². The Morgan fingerprint density at radius 2 is 1.81 bits per heavy atom. The van der Waals surface area contributed by atoms with Crippen LogP contribution in [0.5, 0.6) is 0 Å². The van der Waals surface area contributed by atoms with Gasteiger partial charge in [0.25, 0.3) is 5.91 Å². The Morgan fingerprint density at radius 1 is 0.969 bits per heavy atom. The van der Waals surface area contributed by atoms with Crippen molar-refractivity contribution in [2.45, 2.75) is 18.9 Å². The Bertz CT molecular complexity index is 1270. The molecule has 2 aliphatic rings. The molecular formula is C25H21Cl2N3O2. The monoisotopic (exact) mass is 465 g/mol. The fourth-order valence-electron chi connectivity index (χ4n) is 4.52. The van der Waals surface area contributed by atoms with E-state index in [2.05, 4.69) is 10.6 Å². The first-order valence-corrected chi connectivity index (χ1v) is 11.2. The second kappa shape index (κ2) is 8.24. The van der Waals surface area contributed by atoms with Crippen LogP contribution in [-0.4, -0.2) is 30.9 Å². The van der Waals surface area contributed by atoms with Crippen molar-refractivity contribution in [3.8, 4) is 22.3 Å². The minimum absolute atomic E-state index is 0.0919. The molecule has 1 aliphatic carbocycles. The highest BCUT2D eigenvalue weighted by molar-refractivity contribution is 6.42. The molecule has 1 fully saturated rings. The van der Waals surface area contributed by atoms with E-state index >= 15 is 0 Å². The number of carbonyl (C=O) groups is 2.